The zero-order valence-corrected chi connectivity index (χ0v) is 14.7. The van der Waals surface area contributed by atoms with Gasteiger partial charge in [0.15, 0.2) is 11.5 Å². The van der Waals surface area contributed by atoms with Gasteiger partial charge in [-0.1, -0.05) is 25.1 Å². The topological polar surface area (TPSA) is 71.3 Å². The monoisotopic (exact) mass is 363 g/mol. The number of rotatable bonds is 5. The molecule has 2 heterocycles. The second-order valence-corrected chi connectivity index (χ2v) is 6.14. The van der Waals surface area contributed by atoms with Gasteiger partial charge in [0.25, 0.3) is 5.91 Å². The molecule has 0 aliphatic rings. The predicted molar refractivity (Wildman–Crippen MR) is 104 cm³/mol. The number of imidazole rings is 1. The van der Waals surface area contributed by atoms with Crippen molar-refractivity contribution < 1.29 is 9.18 Å². The van der Waals surface area contributed by atoms with Gasteiger partial charge in [-0.3, -0.25) is 9.20 Å². The summed E-state index contributed by atoms with van der Waals surface area (Å²) < 4.78 is 15.6. The van der Waals surface area contributed by atoms with Gasteiger partial charge >= 0.3 is 0 Å². The van der Waals surface area contributed by atoms with Crippen LogP contribution in [0.5, 0.6) is 0 Å². The predicted octanol–water partition coefficient (Wildman–Crippen LogP) is 4.10. The number of nitrogens with zero attached hydrogens (tertiary/aromatic N) is 3. The van der Waals surface area contributed by atoms with Crippen LogP contribution in [0.1, 0.15) is 23.7 Å². The summed E-state index contributed by atoms with van der Waals surface area (Å²) >= 11 is 0. The van der Waals surface area contributed by atoms with Crippen molar-refractivity contribution in [2.75, 3.05) is 17.2 Å². The largest absolute Gasteiger partial charge is 0.367 e. The molecule has 0 unspecified atom stereocenters. The lowest BCUT2D eigenvalue weighted by Gasteiger charge is -2.11. The van der Waals surface area contributed by atoms with Gasteiger partial charge < -0.3 is 10.6 Å². The molecule has 0 atom stereocenters. The molecule has 0 spiro atoms. The van der Waals surface area contributed by atoms with Crippen molar-refractivity contribution >= 4 is 34.2 Å². The Morgan fingerprint density at radius 1 is 1.19 bits per heavy atom. The van der Waals surface area contributed by atoms with Crippen molar-refractivity contribution in [2.45, 2.75) is 13.3 Å². The summed E-state index contributed by atoms with van der Waals surface area (Å²) in [6, 6.07) is 13.3. The van der Waals surface area contributed by atoms with E-state index in [9.17, 15) is 9.18 Å². The molecule has 27 heavy (non-hydrogen) atoms. The highest BCUT2D eigenvalue weighted by molar-refractivity contribution is 6.04. The Bertz CT molecular complexity index is 1120. The third-order valence-electron chi connectivity index (χ3n) is 4.20. The Morgan fingerprint density at radius 3 is 2.78 bits per heavy atom. The van der Waals surface area contributed by atoms with Crippen LogP contribution in [0.3, 0.4) is 0 Å². The van der Waals surface area contributed by atoms with E-state index in [1.807, 2.05) is 6.07 Å². The van der Waals surface area contributed by atoms with Gasteiger partial charge in [0.2, 0.25) is 0 Å². The van der Waals surface area contributed by atoms with E-state index >= 15 is 0 Å². The van der Waals surface area contributed by atoms with Gasteiger partial charge in [-0.15, -0.1) is 0 Å². The minimum Gasteiger partial charge on any atom is -0.367 e. The Hall–Kier alpha value is -3.48. The fraction of sp³-hybridized carbons (Fsp3) is 0.150. The molecule has 4 rings (SSSR count). The first-order chi connectivity index (χ1) is 13.2. The maximum absolute atomic E-state index is 13.9. The van der Waals surface area contributed by atoms with Crippen molar-refractivity contribution in [2.24, 2.45) is 0 Å². The maximum Gasteiger partial charge on any atom is 0.256 e. The van der Waals surface area contributed by atoms with Crippen LogP contribution >= 0.6 is 0 Å². The molecule has 0 radical (unpaired) electrons. The molecule has 2 N–H and O–H groups in total. The van der Waals surface area contributed by atoms with Crippen molar-refractivity contribution in [3.8, 4) is 0 Å². The molecule has 0 fully saturated rings. The van der Waals surface area contributed by atoms with E-state index in [4.69, 9.17) is 0 Å². The van der Waals surface area contributed by atoms with Gasteiger partial charge in [0, 0.05) is 18.2 Å². The van der Waals surface area contributed by atoms with Crippen molar-refractivity contribution in [3.05, 3.63) is 66.1 Å². The lowest BCUT2D eigenvalue weighted by atomic mass is 10.2. The first-order valence-corrected chi connectivity index (χ1v) is 8.74. The molecule has 6 nitrogen and oxygen atoms in total. The summed E-state index contributed by atoms with van der Waals surface area (Å²) in [4.78, 5) is 21.5. The third kappa shape index (κ3) is 3.19. The van der Waals surface area contributed by atoms with Crippen LogP contribution in [0.4, 0.5) is 16.0 Å². The van der Waals surface area contributed by atoms with E-state index in [2.05, 4.69) is 27.5 Å². The molecule has 0 aliphatic heterocycles. The number of carbonyl (C=O) groups is 1. The van der Waals surface area contributed by atoms with E-state index in [1.54, 1.807) is 40.9 Å². The lowest BCUT2D eigenvalue weighted by molar-refractivity contribution is 0.102. The highest BCUT2D eigenvalue weighted by Gasteiger charge is 2.16. The fourth-order valence-electron chi connectivity index (χ4n) is 2.93. The van der Waals surface area contributed by atoms with Gasteiger partial charge in [-0.25, -0.2) is 14.4 Å². The third-order valence-corrected chi connectivity index (χ3v) is 4.20. The van der Waals surface area contributed by atoms with Crippen LogP contribution in [0.15, 0.2) is 54.7 Å². The minimum atomic E-state index is -0.381. The van der Waals surface area contributed by atoms with Gasteiger partial charge in [-0.2, -0.15) is 0 Å². The minimum absolute atomic E-state index is 0.262. The Labute approximate surface area is 155 Å². The number of fused-ring (bicyclic) bond motifs is 3. The van der Waals surface area contributed by atoms with Gasteiger partial charge in [-0.05, 0) is 30.7 Å². The Balaban J connectivity index is 1.86. The fourth-order valence-corrected chi connectivity index (χ4v) is 2.93. The number of hydrogen-bond donors (Lipinski definition) is 2. The number of benzene rings is 2. The van der Waals surface area contributed by atoms with E-state index in [-0.39, 0.29) is 11.7 Å². The van der Waals surface area contributed by atoms with Crippen LogP contribution in [-0.2, 0) is 0 Å². The number of anilines is 2. The average Bonchev–Trinajstić information content (AvgIpc) is 3.11. The molecule has 0 saturated carbocycles. The molecule has 2 aromatic heterocycles. The molecule has 0 aliphatic carbocycles. The van der Waals surface area contributed by atoms with Crippen molar-refractivity contribution in [1.29, 1.82) is 0 Å². The van der Waals surface area contributed by atoms with Crippen LogP contribution < -0.4 is 10.6 Å². The van der Waals surface area contributed by atoms with E-state index in [0.717, 1.165) is 13.0 Å². The molecule has 0 saturated heterocycles. The van der Waals surface area contributed by atoms with Crippen molar-refractivity contribution in [1.82, 2.24) is 14.4 Å². The molecule has 2 aromatic carbocycles. The molecule has 0 bridgehead atoms. The lowest BCUT2D eigenvalue weighted by Crippen LogP contribution is -2.14. The Morgan fingerprint density at radius 2 is 2.00 bits per heavy atom. The van der Waals surface area contributed by atoms with Crippen LogP contribution in [0.25, 0.3) is 16.7 Å². The van der Waals surface area contributed by atoms with E-state index in [1.165, 1.54) is 12.1 Å². The van der Waals surface area contributed by atoms with Crippen LogP contribution in [0.2, 0.25) is 0 Å². The second-order valence-electron chi connectivity index (χ2n) is 6.14. The standard InChI is InChI=1S/C20H18FN5O/c1-2-10-22-18-19-23-12-17(25-20(27)13-6-4-3-5-7-13)26(19)16-11-14(21)8-9-15(16)24-18/h3-9,11-12H,2,10H2,1H3,(H,22,24)(H,25,27). The number of hydrogen-bond acceptors (Lipinski definition) is 4. The van der Waals surface area contributed by atoms with Crippen LogP contribution in [0, 0.1) is 5.82 Å². The summed E-state index contributed by atoms with van der Waals surface area (Å²) in [5.41, 5.74) is 2.20. The molecular weight excluding hydrogens is 345 g/mol. The zero-order valence-electron chi connectivity index (χ0n) is 14.7. The highest BCUT2D eigenvalue weighted by Crippen LogP contribution is 2.26. The molecule has 4 aromatic rings. The number of nitrogens with one attached hydrogen (secondary N) is 2. The number of aromatic nitrogens is 3. The first kappa shape index (κ1) is 17.0. The summed E-state index contributed by atoms with van der Waals surface area (Å²) in [5.74, 6) is 0.406. The van der Waals surface area contributed by atoms with E-state index < -0.39 is 0 Å². The number of halogens is 1. The van der Waals surface area contributed by atoms with Gasteiger partial charge in [0.05, 0.1) is 17.2 Å². The number of amides is 1. The summed E-state index contributed by atoms with van der Waals surface area (Å²) in [7, 11) is 0. The quantitative estimate of drug-likeness (QED) is 0.560. The van der Waals surface area contributed by atoms with Crippen LogP contribution in [-0.4, -0.2) is 26.8 Å². The SMILES string of the molecule is CCCNc1nc2ccc(F)cc2n2c(NC(=O)c3ccccc3)cnc12. The molecular formula is C20H18FN5O. The van der Waals surface area contributed by atoms with Gasteiger partial charge in [0.1, 0.15) is 11.6 Å². The maximum atomic E-state index is 13.9. The summed E-state index contributed by atoms with van der Waals surface area (Å²) in [6.07, 6.45) is 2.48. The molecule has 7 heteroatoms. The van der Waals surface area contributed by atoms with Crippen molar-refractivity contribution in [3.63, 3.8) is 0 Å². The Kier molecular flexibility index (Phi) is 4.42. The zero-order chi connectivity index (χ0) is 18.8. The summed E-state index contributed by atoms with van der Waals surface area (Å²) in [6.45, 7) is 2.78. The highest BCUT2D eigenvalue weighted by atomic mass is 19.1. The normalized spacial score (nSPS) is 11.0. The average molecular weight is 363 g/mol. The first-order valence-electron chi connectivity index (χ1n) is 8.74. The summed E-state index contributed by atoms with van der Waals surface area (Å²) in [5, 5.41) is 6.10. The van der Waals surface area contributed by atoms with E-state index in [0.29, 0.717) is 33.9 Å². The smallest absolute Gasteiger partial charge is 0.256 e. The molecule has 136 valence electrons. The number of carbonyl (C=O) groups excluding carboxylic acids is 1. The molecule has 1 amide bonds. The second kappa shape index (κ2) is 7.03.